The molecular weight excluding hydrogens is 424 g/mol. The van der Waals surface area contributed by atoms with Gasteiger partial charge in [-0.3, -0.25) is 9.59 Å². The Morgan fingerprint density at radius 3 is 2.52 bits per heavy atom. The molecule has 0 spiro atoms. The number of amides is 4. The summed E-state index contributed by atoms with van der Waals surface area (Å²) in [5.41, 5.74) is 0.924. The van der Waals surface area contributed by atoms with Gasteiger partial charge in [0, 0.05) is 24.5 Å². The third-order valence-electron chi connectivity index (χ3n) is 6.15. The molecule has 9 heteroatoms. The molecule has 2 aliphatic rings. The van der Waals surface area contributed by atoms with Gasteiger partial charge >= 0.3 is 6.03 Å². The molecule has 0 bridgehead atoms. The number of methoxy groups -OCH3 is 1. The van der Waals surface area contributed by atoms with Crippen LogP contribution in [0.15, 0.2) is 48.5 Å². The van der Waals surface area contributed by atoms with Gasteiger partial charge in [-0.05, 0) is 55.8 Å². The SMILES string of the molecule is COc1cccc([C@]2(C)NC(=O)N([C@H](C)C(=O)Nc3ccc(N4CCOCC4)cc3)C2=O)c1. The maximum Gasteiger partial charge on any atom is 0.326 e. The van der Waals surface area contributed by atoms with Gasteiger partial charge in [-0.15, -0.1) is 0 Å². The predicted octanol–water partition coefficient (Wildman–Crippen LogP) is 2.33. The second-order valence-electron chi connectivity index (χ2n) is 8.27. The summed E-state index contributed by atoms with van der Waals surface area (Å²) in [7, 11) is 1.53. The fraction of sp³-hybridized carbons (Fsp3) is 0.375. The molecule has 2 aromatic carbocycles. The van der Waals surface area contributed by atoms with E-state index in [1.54, 1.807) is 31.2 Å². The molecule has 2 N–H and O–H groups in total. The third kappa shape index (κ3) is 4.36. The molecule has 4 rings (SSSR count). The van der Waals surface area contributed by atoms with Gasteiger partial charge in [0.05, 0.1) is 20.3 Å². The Hall–Kier alpha value is -3.59. The summed E-state index contributed by atoms with van der Waals surface area (Å²) in [6, 6.07) is 12.8. The zero-order chi connectivity index (χ0) is 23.6. The highest BCUT2D eigenvalue weighted by Gasteiger charge is 2.51. The molecule has 4 amide bonds. The molecule has 33 heavy (non-hydrogen) atoms. The lowest BCUT2D eigenvalue weighted by Gasteiger charge is -2.29. The summed E-state index contributed by atoms with van der Waals surface area (Å²) in [4.78, 5) is 42.1. The number of benzene rings is 2. The van der Waals surface area contributed by atoms with Crippen molar-refractivity contribution in [2.24, 2.45) is 0 Å². The number of urea groups is 1. The van der Waals surface area contributed by atoms with Crippen LogP contribution in [0.2, 0.25) is 0 Å². The number of hydrogen-bond acceptors (Lipinski definition) is 6. The Bertz CT molecular complexity index is 1050. The predicted molar refractivity (Wildman–Crippen MR) is 123 cm³/mol. The molecule has 0 saturated carbocycles. The van der Waals surface area contributed by atoms with Crippen LogP contribution in [-0.4, -0.2) is 62.2 Å². The highest BCUT2D eigenvalue weighted by Crippen LogP contribution is 2.32. The van der Waals surface area contributed by atoms with Crippen LogP contribution in [-0.2, 0) is 19.9 Å². The van der Waals surface area contributed by atoms with Crippen LogP contribution in [0.3, 0.4) is 0 Å². The molecule has 0 unspecified atom stereocenters. The summed E-state index contributed by atoms with van der Waals surface area (Å²) >= 11 is 0. The van der Waals surface area contributed by atoms with Gasteiger partial charge in [0.2, 0.25) is 5.91 Å². The zero-order valence-corrected chi connectivity index (χ0v) is 19.0. The number of hydrogen-bond donors (Lipinski definition) is 2. The topological polar surface area (TPSA) is 100 Å². The van der Waals surface area contributed by atoms with E-state index in [4.69, 9.17) is 9.47 Å². The van der Waals surface area contributed by atoms with E-state index >= 15 is 0 Å². The van der Waals surface area contributed by atoms with Crippen LogP contribution in [0.4, 0.5) is 16.2 Å². The van der Waals surface area contributed by atoms with Crippen molar-refractivity contribution in [3.63, 3.8) is 0 Å². The number of imide groups is 1. The van der Waals surface area contributed by atoms with Crippen molar-refractivity contribution < 1.29 is 23.9 Å². The number of rotatable bonds is 6. The van der Waals surface area contributed by atoms with Gasteiger partial charge in [0.25, 0.3) is 5.91 Å². The molecule has 2 fully saturated rings. The molecule has 2 saturated heterocycles. The van der Waals surface area contributed by atoms with E-state index in [1.807, 2.05) is 24.3 Å². The molecular formula is C24H28N4O5. The number of anilines is 2. The maximum absolute atomic E-state index is 13.3. The second kappa shape index (κ2) is 9.11. The van der Waals surface area contributed by atoms with Crippen LogP contribution in [0.5, 0.6) is 5.75 Å². The average molecular weight is 453 g/mol. The molecule has 0 aliphatic carbocycles. The van der Waals surface area contributed by atoms with Crippen molar-refractivity contribution in [1.82, 2.24) is 10.2 Å². The van der Waals surface area contributed by atoms with E-state index < -0.39 is 29.4 Å². The second-order valence-corrected chi connectivity index (χ2v) is 8.27. The lowest BCUT2D eigenvalue weighted by Crippen LogP contribution is -2.47. The van der Waals surface area contributed by atoms with Crippen molar-refractivity contribution in [2.45, 2.75) is 25.4 Å². The molecule has 174 valence electrons. The molecule has 2 aliphatic heterocycles. The van der Waals surface area contributed by atoms with E-state index in [-0.39, 0.29) is 0 Å². The standard InChI is InChI=1S/C24H28N4O5/c1-16(21(29)25-18-7-9-19(10-8-18)27-11-13-33-14-12-27)28-22(30)24(2,26-23(28)31)17-5-4-6-20(15-17)32-3/h4-10,15-16H,11-14H2,1-3H3,(H,25,29)(H,26,31)/t16-,24+/m1/s1. The Kier molecular flexibility index (Phi) is 6.24. The lowest BCUT2D eigenvalue weighted by atomic mass is 9.91. The van der Waals surface area contributed by atoms with Gasteiger partial charge in [0.15, 0.2) is 0 Å². The molecule has 0 aromatic heterocycles. The first kappa shape index (κ1) is 22.6. The molecule has 2 atom stereocenters. The molecule has 9 nitrogen and oxygen atoms in total. The van der Waals surface area contributed by atoms with E-state index in [2.05, 4.69) is 15.5 Å². The normalized spacial score (nSPS) is 21.5. The Balaban J connectivity index is 1.45. The fourth-order valence-electron chi connectivity index (χ4n) is 4.08. The quantitative estimate of drug-likeness (QED) is 0.653. The van der Waals surface area contributed by atoms with E-state index in [0.717, 1.165) is 23.7 Å². The van der Waals surface area contributed by atoms with E-state index in [0.29, 0.717) is 30.2 Å². The van der Waals surface area contributed by atoms with Gasteiger partial charge in [-0.2, -0.15) is 0 Å². The van der Waals surface area contributed by atoms with Crippen molar-refractivity contribution in [2.75, 3.05) is 43.6 Å². The fourth-order valence-corrected chi connectivity index (χ4v) is 4.08. The third-order valence-corrected chi connectivity index (χ3v) is 6.15. The Labute approximate surface area is 192 Å². The number of nitrogens with zero attached hydrogens (tertiary/aromatic N) is 2. The monoisotopic (exact) mass is 452 g/mol. The summed E-state index contributed by atoms with van der Waals surface area (Å²) < 4.78 is 10.6. The minimum atomic E-state index is -1.29. The number of morpholine rings is 1. The number of carbonyl (C=O) groups excluding carboxylic acids is 3. The van der Waals surface area contributed by atoms with Crippen LogP contribution < -0.4 is 20.3 Å². The highest BCUT2D eigenvalue weighted by molar-refractivity contribution is 6.11. The zero-order valence-electron chi connectivity index (χ0n) is 19.0. The molecule has 2 aromatic rings. The van der Waals surface area contributed by atoms with Gasteiger partial charge in [0.1, 0.15) is 17.3 Å². The van der Waals surface area contributed by atoms with E-state index in [1.165, 1.54) is 14.0 Å². The van der Waals surface area contributed by atoms with Crippen molar-refractivity contribution >= 4 is 29.2 Å². The average Bonchev–Trinajstić information content (AvgIpc) is 3.08. The molecule has 0 radical (unpaired) electrons. The van der Waals surface area contributed by atoms with Crippen molar-refractivity contribution in [3.05, 3.63) is 54.1 Å². The van der Waals surface area contributed by atoms with Gasteiger partial charge in [-0.25, -0.2) is 9.69 Å². The highest BCUT2D eigenvalue weighted by atomic mass is 16.5. The first-order chi connectivity index (χ1) is 15.8. The first-order valence-electron chi connectivity index (χ1n) is 10.9. The van der Waals surface area contributed by atoms with Crippen LogP contribution in [0.25, 0.3) is 0 Å². The van der Waals surface area contributed by atoms with Crippen molar-refractivity contribution in [3.8, 4) is 5.75 Å². The lowest BCUT2D eigenvalue weighted by molar-refractivity contribution is -0.136. The largest absolute Gasteiger partial charge is 0.497 e. The van der Waals surface area contributed by atoms with Crippen molar-refractivity contribution in [1.29, 1.82) is 0 Å². The van der Waals surface area contributed by atoms with Crippen LogP contribution in [0.1, 0.15) is 19.4 Å². The van der Waals surface area contributed by atoms with Gasteiger partial charge in [-0.1, -0.05) is 12.1 Å². The van der Waals surface area contributed by atoms with Crippen LogP contribution >= 0.6 is 0 Å². The van der Waals surface area contributed by atoms with Crippen LogP contribution in [0, 0.1) is 0 Å². The number of nitrogens with one attached hydrogen (secondary N) is 2. The maximum atomic E-state index is 13.3. The molecule has 2 heterocycles. The number of carbonyl (C=O) groups is 3. The smallest absolute Gasteiger partial charge is 0.326 e. The summed E-state index contributed by atoms with van der Waals surface area (Å²) in [6.07, 6.45) is 0. The first-order valence-corrected chi connectivity index (χ1v) is 10.9. The van der Waals surface area contributed by atoms with Gasteiger partial charge < -0.3 is 25.0 Å². The minimum absolute atomic E-state index is 0.451. The summed E-state index contributed by atoms with van der Waals surface area (Å²) in [5.74, 6) is -0.376. The minimum Gasteiger partial charge on any atom is -0.497 e. The Morgan fingerprint density at radius 1 is 1.15 bits per heavy atom. The summed E-state index contributed by atoms with van der Waals surface area (Å²) in [6.45, 7) is 6.18. The number of ether oxygens (including phenoxy) is 2. The van der Waals surface area contributed by atoms with E-state index in [9.17, 15) is 14.4 Å². The Morgan fingerprint density at radius 2 is 1.85 bits per heavy atom. The summed E-state index contributed by atoms with van der Waals surface area (Å²) in [5, 5.41) is 5.53.